The number of aromatic nitrogens is 2. The Morgan fingerprint density at radius 1 is 1.00 bits per heavy atom. The van der Waals surface area contributed by atoms with Crippen LogP contribution in [-0.4, -0.2) is 18.4 Å². The largest absolute Gasteiger partial charge is 0.264 e. The number of rotatable bonds is 3. The van der Waals surface area contributed by atoms with Gasteiger partial charge in [-0.05, 0) is 35.6 Å². The third-order valence-electron chi connectivity index (χ3n) is 3.04. The summed E-state index contributed by atoms with van der Waals surface area (Å²) in [6.45, 7) is 8.07. The van der Waals surface area contributed by atoms with Crippen molar-refractivity contribution in [2.24, 2.45) is 0 Å². The van der Waals surface area contributed by atoms with E-state index >= 15 is 0 Å². The molecule has 0 aliphatic carbocycles. The first-order chi connectivity index (χ1) is 9.68. The molecule has 1 aromatic carbocycles. The maximum atomic E-state index is 12.3. The number of hydrogen-bond acceptors (Lipinski definition) is 4. The fourth-order valence-electron chi connectivity index (χ4n) is 1.76. The van der Waals surface area contributed by atoms with Crippen LogP contribution in [0.25, 0.3) is 0 Å². The van der Waals surface area contributed by atoms with Gasteiger partial charge < -0.3 is 0 Å². The van der Waals surface area contributed by atoms with Gasteiger partial charge in [-0.15, -0.1) is 0 Å². The summed E-state index contributed by atoms with van der Waals surface area (Å²) in [4.78, 5) is 8.08. The molecule has 2 rings (SSSR count). The maximum absolute atomic E-state index is 12.3. The van der Waals surface area contributed by atoms with Gasteiger partial charge in [0.2, 0.25) is 5.95 Å². The predicted molar refractivity (Wildman–Crippen MR) is 82.7 cm³/mol. The van der Waals surface area contributed by atoms with Gasteiger partial charge in [0.15, 0.2) is 0 Å². The van der Waals surface area contributed by atoms with E-state index in [0.717, 1.165) is 11.1 Å². The molecule has 5 nitrogen and oxygen atoms in total. The van der Waals surface area contributed by atoms with Crippen molar-refractivity contribution in [3.8, 4) is 0 Å². The minimum absolute atomic E-state index is 0.0181. The topological polar surface area (TPSA) is 72.0 Å². The molecule has 112 valence electrons. The van der Waals surface area contributed by atoms with Gasteiger partial charge in [0.1, 0.15) is 0 Å². The van der Waals surface area contributed by atoms with Gasteiger partial charge in [-0.25, -0.2) is 23.1 Å². The fraction of sp³-hybridized carbons (Fsp3) is 0.333. The number of benzene rings is 1. The van der Waals surface area contributed by atoms with Crippen LogP contribution < -0.4 is 4.72 Å². The standard InChI is InChI=1S/C15H19N3O2S/c1-11-9-16-14(17-10-11)18-21(19,20)13-7-5-12(6-8-13)15(2,3)4/h5-10H,1-4H3,(H,16,17,18). The molecule has 0 aliphatic rings. The molecule has 0 bridgehead atoms. The summed E-state index contributed by atoms with van der Waals surface area (Å²) in [7, 11) is -3.66. The molecule has 2 aromatic rings. The molecule has 6 heteroatoms. The minimum Gasteiger partial charge on any atom is -0.247 e. The Kier molecular flexibility index (Phi) is 4.00. The van der Waals surface area contributed by atoms with Gasteiger partial charge in [0.25, 0.3) is 10.0 Å². The molecule has 0 radical (unpaired) electrons. The zero-order valence-electron chi connectivity index (χ0n) is 12.6. The lowest BCUT2D eigenvalue weighted by Gasteiger charge is -2.19. The Hall–Kier alpha value is -1.95. The summed E-state index contributed by atoms with van der Waals surface area (Å²) in [5.74, 6) is 0.0699. The van der Waals surface area contributed by atoms with E-state index in [1.807, 2.05) is 19.1 Å². The summed E-state index contributed by atoms with van der Waals surface area (Å²) < 4.78 is 26.9. The Bertz CT molecular complexity index is 715. The van der Waals surface area contributed by atoms with Crippen molar-refractivity contribution in [1.82, 2.24) is 9.97 Å². The highest BCUT2D eigenvalue weighted by Gasteiger charge is 2.18. The maximum Gasteiger partial charge on any atom is 0.264 e. The lowest BCUT2D eigenvalue weighted by atomic mass is 9.87. The summed E-state index contributed by atoms with van der Waals surface area (Å²) in [5, 5.41) is 0. The molecule has 0 spiro atoms. The van der Waals surface area contributed by atoms with Crippen LogP contribution >= 0.6 is 0 Å². The zero-order valence-corrected chi connectivity index (χ0v) is 13.4. The Morgan fingerprint density at radius 2 is 1.52 bits per heavy atom. The number of anilines is 1. The molecule has 0 unspecified atom stereocenters. The monoisotopic (exact) mass is 305 g/mol. The molecule has 0 saturated heterocycles. The highest BCUT2D eigenvalue weighted by molar-refractivity contribution is 7.92. The quantitative estimate of drug-likeness (QED) is 0.946. The zero-order chi connectivity index (χ0) is 15.7. The van der Waals surface area contributed by atoms with Crippen LogP contribution in [0.4, 0.5) is 5.95 Å². The Labute approximate surface area is 125 Å². The second-order valence-electron chi connectivity index (χ2n) is 5.96. The molecule has 0 saturated carbocycles. The van der Waals surface area contributed by atoms with Gasteiger partial charge in [-0.1, -0.05) is 32.9 Å². The molecule has 0 atom stereocenters. The third kappa shape index (κ3) is 3.78. The van der Waals surface area contributed by atoms with Gasteiger partial charge in [0, 0.05) is 12.4 Å². The highest BCUT2D eigenvalue weighted by atomic mass is 32.2. The van der Waals surface area contributed by atoms with E-state index < -0.39 is 10.0 Å². The van der Waals surface area contributed by atoms with Gasteiger partial charge >= 0.3 is 0 Å². The van der Waals surface area contributed by atoms with Crippen molar-refractivity contribution in [2.75, 3.05) is 4.72 Å². The lowest BCUT2D eigenvalue weighted by molar-refractivity contribution is 0.587. The number of hydrogen-bond donors (Lipinski definition) is 1. The van der Waals surface area contributed by atoms with Crippen molar-refractivity contribution in [1.29, 1.82) is 0 Å². The Morgan fingerprint density at radius 3 is 2.00 bits per heavy atom. The third-order valence-corrected chi connectivity index (χ3v) is 4.38. The number of nitrogens with one attached hydrogen (secondary N) is 1. The van der Waals surface area contributed by atoms with E-state index in [0.29, 0.717) is 0 Å². The Balaban J connectivity index is 2.25. The molecular weight excluding hydrogens is 286 g/mol. The molecule has 21 heavy (non-hydrogen) atoms. The van der Waals surface area contributed by atoms with Gasteiger partial charge in [0.05, 0.1) is 4.90 Å². The smallest absolute Gasteiger partial charge is 0.247 e. The van der Waals surface area contributed by atoms with Crippen molar-refractivity contribution in [3.05, 3.63) is 47.8 Å². The molecule has 1 aromatic heterocycles. The summed E-state index contributed by atoms with van der Waals surface area (Å²) in [6, 6.07) is 6.84. The van der Waals surface area contributed by atoms with E-state index in [1.54, 1.807) is 24.5 Å². The summed E-state index contributed by atoms with van der Waals surface area (Å²) >= 11 is 0. The molecule has 0 fully saturated rings. The van der Waals surface area contributed by atoms with Crippen molar-refractivity contribution in [3.63, 3.8) is 0 Å². The molecule has 0 aliphatic heterocycles. The average molecular weight is 305 g/mol. The molecule has 0 amide bonds. The van der Waals surface area contributed by atoms with Crippen molar-refractivity contribution in [2.45, 2.75) is 38.0 Å². The van der Waals surface area contributed by atoms with Crippen LogP contribution in [0.3, 0.4) is 0 Å². The van der Waals surface area contributed by atoms with Crippen molar-refractivity contribution >= 4 is 16.0 Å². The summed E-state index contributed by atoms with van der Waals surface area (Å²) in [6.07, 6.45) is 3.13. The average Bonchev–Trinajstić information content (AvgIpc) is 2.40. The van der Waals surface area contributed by atoms with Crippen LogP contribution in [0.1, 0.15) is 31.9 Å². The predicted octanol–water partition coefficient (Wildman–Crippen LogP) is 2.88. The highest BCUT2D eigenvalue weighted by Crippen LogP contribution is 2.23. The summed E-state index contributed by atoms with van der Waals surface area (Å²) in [5.41, 5.74) is 1.93. The van der Waals surface area contributed by atoms with Crippen LogP contribution in [-0.2, 0) is 15.4 Å². The lowest BCUT2D eigenvalue weighted by Crippen LogP contribution is -2.16. The fourth-order valence-corrected chi connectivity index (χ4v) is 2.72. The van der Waals surface area contributed by atoms with E-state index in [2.05, 4.69) is 35.5 Å². The SMILES string of the molecule is Cc1cnc(NS(=O)(=O)c2ccc(C(C)(C)C)cc2)nc1. The van der Waals surface area contributed by atoms with Crippen LogP contribution in [0.15, 0.2) is 41.6 Å². The number of aryl methyl sites for hydroxylation is 1. The van der Waals surface area contributed by atoms with Gasteiger partial charge in [-0.3, -0.25) is 0 Å². The number of nitrogens with zero attached hydrogens (tertiary/aromatic N) is 2. The molecule has 1 heterocycles. The second-order valence-corrected chi connectivity index (χ2v) is 7.65. The van der Waals surface area contributed by atoms with Crippen LogP contribution in [0.2, 0.25) is 0 Å². The van der Waals surface area contributed by atoms with E-state index in [1.165, 1.54) is 0 Å². The van der Waals surface area contributed by atoms with E-state index in [4.69, 9.17) is 0 Å². The molecular formula is C15H19N3O2S. The first-order valence-corrected chi connectivity index (χ1v) is 8.09. The van der Waals surface area contributed by atoms with E-state index in [-0.39, 0.29) is 16.3 Å². The van der Waals surface area contributed by atoms with Gasteiger partial charge in [-0.2, -0.15) is 0 Å². The molecule has 1 N–H and O–H groups in total. The van der Waals surface area contributed by atoms with Crippen molar-refractivity contribution < 1.29 is 8.42 Å². The van der Waals surface area contributed by atoms with E-state index in [9.17, 15) is 8.42 Å². The number of sulfonamides is 1. The first kappa shape index (κ1) is 15.4. The van der Waals surface area contributed by atoms with Crippen LogP contribution in [0, 0.1) is 6.92 Å². The minimum atomic E-state index is -3.66. The second kappa shape index (κ2) is 5.44. The normalized spacial score (nSPS) is 12.2. The first-order valence-electron chi connectivity index (χ1n) is 6.60. The van der Waals surface area contributed by atoms with Crippen LogP contribution in [0.5, 0.6) is 0 Å².